The molecule has 0 unspecified atom stereocenters. The largest absolute Gasteiger partial charge is 0.326 e. The van der Waals surface area contributed by atoms with Gasteiger partial charge in [0, 0.05) is 12.1 Å². The van der Waals surface area contributed by atoms with E-state index in [0.717, 1.165) is 24.1 Å². The van der Waals surface area contributed by atoms with Gasteiger partial charge in [-0.25, -0.2) is 0 Å². The Morgan fingerprint density at radius 1 is 1.10 bits per heavy atom. The van der Waals surface area contributed by atoms with Crippen LogP contribution >= 0.6 is 0 Å². The number of nitriles is 1. The highest BCUT2D eigenvalue weighted by Crippen LogP contribution is 2.12. The average Bonchev–Trinajstić information content (AvgIpc) is 2.45. The minimum Gasteiger partial charge on any atom is -0.326 e. The van der Waals surface area contributed by atoms with Gasteiger partial charge in [-0.05, 0) is 24.1 Å². The van der Waals surface area contributed by atoms with Gasteiger partial charge >= 0.3 is 0 Å². The highest BCUT2D eigenvalue weighted by atomic mass is 16.1. The molecule has 0 aromatic heterocycles. The number of hydrogen-bond acceptors (Lipinski definition) is 2. The number of nitrogens with zero attached hydrogens (tertiary/aromatic N) is 1. The smallest absolute Gasteiger partial charge is 0.224 e. The number of carbonyl (C=O) groups is 1. The first-order valence-electron chi connectivity index (χ1n) is 7.52. The van der Waals surface area contributed by atoms with E-state index in [9.17, 15) is 4.79 Å². The molecule has 1 amide bonds. The van der Waals surface area contributed by atoms with E-state index < -0.39 is 0 Å². The van der Waals surface area contributed by atoms with Crippen LogP contribution in [0.25, 0.3) is 0 Å². The lowest BCUT2D eigenvalue weighted by Gasteiger charge is -2.06. The minimum atomic E-state index is 0.0773. The zero-order valence-corrected chi connectivity index (χ0v) is 12.3. The molecule has 0 aliphatic rings. The Balaban J connectivity index is 2.20. The summed E-state index contributed by atoms with van der Waals surface area (Å²) in [6.07, 6.45) is 8.14. The van der Waals surface area contributed by atoms with Crippen LogP contribution in [0.1, 0.15) is 57.4 Å². The lowest BCUT2D eigenvalue weighted by molar-refractivity contribution is -0.116. The van der Waals surface area contributed by atoms with Crippen LogP contribution < -0.4 is 5.32 Å². The van der Waals surface area contributed by atoms with E-state index >= 15 is 0 Å². The molecule has 0 aliphatic heterocycles. The monoisotopic (exact) mass is 272 g/mol. The molecule has 0 heterocycles. The van der Waals surface area contributed by atoms with E-state index in [0.29, 0.717) is 12.8 Å². The number of hydrogen-bond donors (Lipinski definition) is 1. The predicted octanol–water partition coefficient (Wildman–Crippen LogP) is 4.44. The second-order valence-corrected chi connectivity index (χ2v) is 5.10. The molecule has 0 fully saturated rings. The minimum absolute atomic E-state index is 0.0773. The fourth-order valence-electron chi connectivity index (χ4n) is 2.09. The van der Waals surface area contributed by atoms with Crippen molar-refractivity contribution in [3.63, 3.8) is 0 Å². The number of carbonyl (C=O) groups excluding carboxylic acids is 1. The van der Waals surface area contributed by atoms with E-state index in [1.54, 1.807) is 0 Å². The Bertz CT molecular complexity index is 431. The maximum atomic E-state index is 11.7. The Labute approximate surface area is 122 Å². The van der Waals surface area contributed by atoms with Crippen LogP contribution in [0.15, 0.2) is 24.3 Å². The van der Waals surface area contributed by atoms with E-state index in [1.165, 1.54) is 25.7 Å². The summed E-state index contributed by atoms with van der Waals surface area (Å²) < 4.78 is 0. The lowest BCUT2D eigenvalue weighted by atomic mass is 10.1. The molecule has 0 spiro atoms. The van der Waals surface area contributed by atoms with Crippen molar-refractivity contribution in [3.05, 3.63) is 29.8 Å². The van der Waals surface area contributed by atoms with E-state index in [-0.39, 0.29) is 5.91 Å². The second kappa shape index (κ2) is 10.0. The molecule has 20 heavy (non-hydrogen) atoms. The molecule has 0 saturated carbocycles. The van der Waals surface area contributed by atoms with Crippen LogP contribution in [0.3, 0.4) is 0 Å². The molecule has 108 valence electrons. The summed E-state index contributed by atoms with van der Waals surface area (Å²) in [7, 11) is 0. The van der Waals surface area contributed by atoms with Crippen molar-refractivity contribution in [2.24, 2.45) is 0 Å². The third-order valence-corrected chi connectivity index (χ3v) is 3.28. The van der Waals surface area contributed by atoms with Crippen molar-refractivity contribution in [3.8, 4) is 6.07 Å². The summed E-state index contributed by atoms with van der Waals surface area (Å²) in [5.74, 6) is 0.0773. The topological polar surface area (TPSA) is 52.9 Å². The second-order valence-electron chi connectivity index (χ2n) is 5.10. The van der Waals surface area contributed by atoms with Crippen molar-refractivity contribution in [1.29, 1.82) is 5.26 Å². The number of amides is 1. The lowest BCUT2D eigenvalue weighted by Crippen LogP contribution is -2.10. The molecular formula is C17H24N2O. The molecular weight excluding hydrogens is 248 g/mol. The summed E-state index contributed by atoms with van der Waals surface area (Å²) in [6.45, 7) is 2.20. The van der Waals surface area contributed by atoms with Gasteiger partial charge in [-0.15, -0.1) is 0 Å². The summed E-state index contributed by atoms with van der Waals surface area (Å²) in [6, 6.07) is 9.57. The Morgan fingerprint density at radius 3 is 2.40 bits per heavy atom. The first-order valence-corrected chi connectivity index (χ1v) is 7.52. The zero-order valence-electron chi connectivity index (χ0n) is 12.3. The SMILES string of the molecule is CCCCCCCCC(=O)Nc1ccc(CC#N)cc1. The molecule has 1 aromatic carbocycles. The summed E-state index contributed by atoms with van der Waals surface area (Å²) >= 11 is 0. The van der Waals surface area contributed by atoms with Crippen LogP contribution in [-0.4, -0.2) is 5.91 Å². The van der Waals surface area contributed by atoms with Gasteiger partial charge in [0.25, 0.3) is 0 Å². The Kier molecular flexibility index (Phi) is 8.14. The van der Waals surface area contributed by atoms with Gasteiger partial charge in [-0.2, -0.15) is 5.26 Å². The Hall–Kier alpha value is -1.82. The van der Waals surface area contributed by atoms with Gasteiger partial charge in [0.05, 0.1) is 12.5 Å². The van der Waals surface area contributed by atoms with E-state index in [1.807, 2.05) is 24.3 Å². The van der Waals surface area contributed by atoms with Gasteiger partial charge in [0.15, 0.2) is 0 Å². The number of benzene rings is 1. The molecule has 3 nitrogen and oxygen atoms in total. The molecule has 1 rings (SSSR count). The Morgan fingerprint density at radius 2 is 1.75 bits per heavy atom. The third-order valence-electron chi connectivity index (χ3n) is 3.28. The van der Waals surface area contributed by atoms with Crippen molar-refractivity contribution < 1.29 is 4.79 Å². The van der Waals surface area contributed by atoms with E-state index in [2.05, 4.69) is 18.3 Å². The summed E-state index contributed by atoms with van der Waals surface area (Å²) in [4.78, 5) is 11.7. The highest BCUT2D eigenvalue weighted by molar-refractivity contribution is 5.90. The van der Waals surface area contributed by atoms with Crippen molar-refractivity contribution in [1.82, 2.24) is 0 Å². The van der Waals surface area contributed by atoms with Crippen LogP contribution in [0, 0.1) is 11.3 Å². The van der Waals surface area contributed by atoms with Crippen LogP contribution in [0.5, 0.6) is 0 Å². The maximum absolute atomic E-state index is 11.7. The standard InChI is InChI=1S/C17H24N2O/c1-2-3-4-5-6-7-8-17(20)19-16-11-9-15(10-12-16)13-14-18/h9-12H,2-8,13H2,1H3,(H,19,20). The maximum Gasteiger partial charge on any atom is 0.224 e. The third kappa shape index (κ3) is 6.94. The molecule has 0 radical (unpaired) electrons. The van der Waals surface area contributed by atoms with Gasteiger partial charge < -0.3 is 5.32 Å². The van der Waals surface area contributed by atoms with Crippen LogP contribution in [0.2, 0.25) is 0 Å². The van der Waals surface area contributed by atoms with Crippen molar-refractivity contribution in [2.75, 3.05) is 5.32 Å². The quantitative estimate of drug-likeness (QED) is 0.675. The number of rotatable bonds is 9. The molecule has 0 saturated heterocycles. The first-order chi connectivity index (χ1) is 9.76. The van der Waals surface area contributed by atoms with Crippen molar-refractivity contribution >= 4 is 11.6 Å². The molecule has 1 aromatic rings. The molecule has 1 N–H and O–H groups in total. The number of unbranched alkanes of at least 4 members (excludes halogenated alkanes) is 5. The average molecular weight is 272 g/mol. The molecule has 3 heteroatoms. The number of nitrogens with one attached hydrogen (secondary N) is 1. The molecule has 0 atom stereocenters. The van der Waals surface area contributed by atoms with Crippen LogP contribution in [-0.2, 0) is 11.2 Å². The molecule has 0 aliphatic carbocycles. The fraction of sp³-hybridized carbons (Fsp3) is 0.529. The zero-order chi connectivity index (χ0) is 14.6. The highest BCUT2D eigenvalue weighted by Gasteiger charge is 2.02. The predicted molar refractivity (Wildman–Crippen MR) is 82.4 cm³/mol. The van der Waals surface area contributed by atoms with Crippen LogP contribution in [0.4, 0.5) is 5.69 Å². The van der Waals surface area contributed by atoms with E-state index in [4.69, 9.17) is 5.26 Å². The number of anilines is 1. The normalized spacial score (nSPS) is 10.0. The first kappa shape index (κ1) is 16.2. The summed E-state index contributed by atoms with van der Waals surface area (Å²) in [5.41, 5.74) is 1.78. The summed E-state index contributed by atoms with van der Waals surface area (Å²) in [5, 5.41) is 11.5. The molecule has 0 bridgehead atoms. The fourth-order valence-corrected chi connectivity index (χ4v) is 2.09. The van der Waals surface area contributed by atoms with Crippen molar-refractivity contribution in [2.45, 2.75) is 58.3 Å². The van der Waals surface area contributed by atoms with Gasteiger partial charge in [0.1, 0.15) is 0 Å². The van der Waals surface area contributed by atoms with Gasteiger partial charge in [0.2, 0.25) is 5.91 Å². The van der Waals surface area contributed by atoms with Gasteiger partial charge in [-0.3, -0.25) is 4.79 Å². The van der Waals surface area contributed by atoms with Gasteiger partial charge in [-0.1, -0.05) is 51.2 Å².